The molecule has 4 heteroatoms. The Balaban J connectivity index is 2.00. The summed E-state index contributed by atoms with van der Waals surface area (Å²) in [4.78, 5) is 9.89. The molecule has 0 aliphatic carbocycles. The summed E-state index contributed by atoms with van der Waals surface area (Å²) >= 11 is 3.58. The van der Waals surface area contributed by atoms with Gasteiger partial charge < -0.3 is 9.88 Å². The van der Waals surface area contributed by atoms with Crippen molar-refractivity contribution >= 4 is 21.6 Å². The van der Waals surface area contributed by atoms with Crippen LogP contribution in [0.4, 0.5) is 5.69 Å². The van der Waals surface area contributed by atoms with Crippen molar-refractivity contribution in [3.8, 4) is 11.4 Å². The molecule has 88 valence electrons. The molecule has 0 radical (unpaired) electrons. The molecule has 2 aromatic rings. The molecule has 1 N–H and O–H groups in total. The maximum atomic E-state index is 4.31. The fourth-order valence-corrected chi connectivity index (χ4v) is 2.71. The van der Waals surface area contributed by atoms with Crippen LogP contribution in [0.2, 0.25) is 0 Å². The van der Waals surface area contributed by atoms with Gasteiger partial charge in [-0.15, -0.1) is 0 Å². The molecule has 1 aliphatic heterocycles. The lowest BCUT2D eigenvalue weighted by Gasteiger charge is -2.18. The van der Waals surface area contributed by atoms with Gasteiger partial charge in [0.1, 0.15) is 5.82 Å². The van der Waals surface area contributed by atoms with Crippen LogP contribution in [0.5, 0.6) is 0 Å². The number of nitrogens with zero attached hydrogens (tertiary/aromatic N) is 2. The predicted octanol–water partition coefficient (Wildman–Crippen LogP) is 3.44. The zero-order valence-corrected chi connectivity index (χ0v) is 11.1. The van der Waals surface area contributed by atoms with Crippen LogP contribution < -0.4 is 4.90 Å². The van der Waals surface area contributed by atoms with Crippen LogP contribution >= 0.6 is 15.9 Å². The molecule has 3 nitrogen and oxygen atoms in total. The van der Waals surface area contributed by atoms with Crippen molar-refractivity contribution in [3.63, 3.8) is 0 Å². The Morgan fingerprint density at radius 1 is 1.24 bits per heavy atom. The number of H-pyrrole nitrogens is 1. The van der Waals surface area contributed by atoms with E-state index in [1.807, 2.05) is 6.20 Å². The highest BCUT2D eigenvalue weighted by Crippen LogP contribution is 2.31. The molecule has 0 bridgehead atoms. The topological polar surface area (TPSA) is 31.9 Å². The lowest BCUT2D eigenvalue weighted by atomic mass is 10.2. The maximum Gasteiger partial charge on any atom is 0.138 e. The molecule has 17 heavy (non-hydrogen) atoms. The van der Waals surface area contributed by atoms with Gasteiger partial charge in [0.25, 0.3) is 0 Å². The maximum absolute atomic E-state index is 4.31. The zero-order chi connectivity index (χ0) is 11.7. The highest BCUT2D eigenvalue weighted by atomic mass is 79.9. The highest BCUT2D eigenvalue weighted by molar-refractivity contribution is 9.10. The van der Waals surface area contributed by atoms with E-state index in [2.05, 4.69) is 49.0 Å². The quantitative estimate of drug-likeness (QED) is 0.919. The molecule has 0 spiro atoms. The molecule has 1 saturated heterocycles. The van der Waals surface area contributed by atoms with E-state index in [1.54, 1.807) is 6.20 Å². The summed E-state index contributed by atoms with van der Waals surface area (Å²) in [7, 11) is 0. The first kappa shape index (κ1) is 10.8. The second-order valence-electron chi connectivity index (χ2n) is 4.30. The number of rotatable bonds is 2. The van der Waals surface area contributed by atoms with Crippen molar-refractivity contribution in [2.75, 3.05) is 18.0 Å². The average Bonchev–Trinajstić information content (AvgIpc) is 3.03. The number of hydrogen-bond donors (Lipinski definition) is 1. The van der Waals surface area contributed by atoms with E-state index in [-0.39, 0.29) is 0 Å². The molecule has 3 rings (SSSR count). The van der Waals surface area contributed by atoms with E-state index in [0.29, 0.717) is 0 Å². The van der Waals surface area contributed by atoms with E-state index >= 15 is 0 Å². The van der Waals surface area contributed by atoms with E-state index in [1.165, 1.54) is 31.6 Å². The van der Waals surface area contributed by atoms with Gasteiger partial charge in [0.2, 0.25) is 0 Å². The van der Waals surface area contributed by atoms with Crippen LogP contribution in [0.1, 0.15) is 12.8 Å². The van der Waals surface area contributed by atoms with Gasteiger partial charge in [0.15, 0.2) is 0 Å². The van der Waals surface area contributed by atoms with Crippen molar-refractivity contribution < 1.29 is 0 Å². The molecule has 1 aromatic heterocycles. The fourth-order valence-electron chi connectivity index (χ4n) is 2.28. The number of imidazole rings is 1. The van der Waals surface area contributed by atoms with Gasteiger partial charge in [0.05, 0.1) is 0 Å². The van der Waals surface area contributed by atoms with E-state index in [4.69, 9.17) is 0 Å². The Labute approximate surface area is 109 Å². The number of anilines is 1. The first-order valence-electron chi connectivity index (χ1n) is 5.89. The lowest BCUT2D eigenvalue weighted by molar-refractivity contribution is 0.949. The van der Waals surface area contributed by atoms with Crippen LogP contribution in [0.3, 0.4) is 0 Å². The fraction of sp³-hybridized carbons (Fsp3) is 0.308. The number of aromatic nitrogens is 2. The first-order valence-corrected chi connectivity index (χ1v) is 6.68. The normalized spacial score (nSPS) is 15.5. The zero-order valence-electron chi connectivity index (χ0n) is 9.49. The minimum Gasteiger partial charge on any atom is -0.372 e. The van der Waals surface area contributed by atoms with E-state index in [0.717, 1.165) is 15.9 Å². The minimum absolute atomic E-state index is 0.915. The molecule has 2 heterocycles. The van der Waals surface area contributed by atoms with Gasteiger partial charge in [-0.05, 0) is 31.0 Å². The second kappa shape index (κ2) is 4.53. The molecule has 0 unspecified atom stereocenters. The number of halogens is 1. The van der Waals surface area contributed by atoms with Gasteiger partial charge in [-0.1, -0.05) is 15.9 Å². The van der Waals surface area contributed by atoms with Gasteiger partial charge >= 0.3 is 0 Å². The monoisotopic (exact) mass is 291 g/mol. The molecule has 1 aliphatic rings. The molecule has 0 saturated carbocycles. The molecule has 0 amide bonds. The summed E-state index contributed by atoms with van der Waals surface area (Å²) < 4.78 is 1.08. The predicted molar refractivity (Wildman–Crippen MR) is 73.2 cm³/mol. The third-order valence-corrected chi connectivity index (χ3v) is 3.87. The Morgan fingerprint density at radius 2 is 2.06 bits per heavy atom. The lowest BCUT2D eigenvalue weighted by Crippen LogP contribution is -2.17. The smallest absolute Gasteiger partial charge is 0.138 e. The molecule has 0 atom stereocenters. The van der Waals surface area contributed by atoms with Crippen LogP contribution in [0.15, 0.2) is 35.1 Å². The summed E-state index contributed by atoms with van der Waals surface area (Å²) in [5.41, 5.74) is 2.41. The van der Waals surface area contributed by atoms with Gasteiger partial charge in [-0.3, -0.25) is 0 Å². The molecule has 1 fully saturated rings. The summed E-state index contributed by atoms with van der Waals surface area (Å²) in [6.45, 7) is 2.33. The summed E-state index contributed by atoms with van der Waals surface area (Å²) in [5, 5.41) is 0. The summed E-state index contributed by atoms with van der Waals surface area (Å²) in [6.07, 6.45) is 6.23. The van der Waals surface area contributed by atoms with Gasteiger partial charge in [-0.2, -0.15) is 0 Å². The van der Waals surface area contributed by atoms with Crippen molar-refractivity contribution in [2.24, 2.45) is 0 Å². The standard InChI is InChI=1S/C13H14BrN3/c14-12-4-3-10(17-7-1-2-8-17)9-11(12)13-15-5-6-16-13/h3-6,9H,1-2,7-8H2,(H,15,16). The third kappa shape index (κ3) is 2.09. The van der Waals surface area contributed by atoms with Crippen LogP contribution in [0.25, 0.3) is 11.4 Å². The molecular weight excluding hydrogens is 278 g/mol. The van der Waals surface area contributed by atoms with Crippen LogP contribution in [-0.2, 0) is 0 Å². The van der Waals surface area contributed by atoms with Crippen molar-refractivity contribution in [1.29, 1.82) is 0 Å². The van der Waals surface area contributed by atoms with Crippen molar-refractivity contribution in [1.82, 2.24) is 9.97 Å². The Bertz CT molecular complexity index is 501. The molecule has 1 aromatic carbocycles. The minimum atomic E-state index is 0.915. The first-order chi connectivity index (χ1) is 8.34. The SMILES string of the molecule is Brc1ccc(N2CCCC2)cc1-c1ncc[nH]1. The van der Waals surface area contributed by atoms with Gasteiger partial charge in [-0.25, -0.2) is 4.98 Å². The van der Waals surface area contributed by atoms with Crippen molar-refractivity contribution in [3.05, 3.63) is 35.1 Å². The highest BCUT2D eigenvalue weighted by Gasteiger charge is 2.14. The largest absolute Gasteiger partial charge is 0.372 e. The van der Waals surface area contributed by atoms with Crippen LogP contribution in [0, 0.1) is 0 Å². The number of hydrogen-bond acceptors (Lipinski definition) is 2. The average molecular weight is 292 g/mol. The number of benzene rings is 1. The van der Waals surface area contributed by atoms with E-state index < -0.39 is 0 Å². The number of aromatic amines is 1. The summed E-state index contributed by atoms with van der Waals surface area (Å²) in [6, 6.07) is 6.47. The van der Waals surface area contributed by atoms with E-state index in [9.17, 15) is 0 Å². The van der Waals surface area contributed by atoms with Crippen LogP contribution in [-0.4, -0.2) is 23.1 Å². The molecular formula is C13H14BrN3. The second-order valence-corrected chi connectivity index (χ2v) is 5.15. The summed E-state index contributed by atoms with van der Waals surface area (Å²) in [5.74, 6) is 0.915. The number of nitrogens with one attached hydrogen (secondary N) is 1. The Kier molecular flexibility index (Phi) is 2.89. The third-order valence-electron chi connectivity index (χ3n) is 3.17. The van der Waals surface area contributed by atoms with Gasteiger partial charge in [0, 0.05) is 41.2 Å². The Hall–Kier alpha value is -1.29. The Morgan fingerprint density at radius 3 is 2.76 bits per heavy atom. The van der Waals surface area contributed by atoms with Crippen molar-refractivity contribution in [2.45, 2.75) is 12.8 Å².